The zero-order valence-corrected chi connectivity index (χ0v) is 9.70. The standard InChI is InChI=1S/C12H12ClN3/c1-9-4-6-14-7-10(9)8-16-11-3-2-5-15-12(11)13/h2-7,16H,8H2,1H3. The lowest BCUT2D eigenvalue weighted by molar-refractivity contribution is 1.08. The maximum atomic E-state index is 5.94. The van der Waals surface area contributed by atoms with Crippen LogP contribution in [0.2, 0.25) is 5.15 Å². The van der Waals surface area contributed by atoms with Crippen molar-refractivity contribution in [2.75, 3.05) is 5.32 Å². The lowest BCUT2D eigenvalue weighted by Gasteiger charge is -2.08. The molecule has 0 saturated heterocycles. The fourth-order valence-electron chi connectivity index (χ4n) is 1.39. The van der Waals surface area contributed by atoms with E-state index in [1.165, 1.54) is 5.56 Å². The van der Waals surface area contributed by atoms with Gasteiger partial charge in [-0.1, -0.05) is 11.6 Å². The van der Waals surface area contributed by atoms with Gasteiger partial charge in [0.1, 0.15) is 0 Å². The summed E-state index contributed by atoms with van der Waals surface area (Å²) in [5, 5.41) is 3.73. The van der Waals surface area contributed by atoms with E-state index >= 15 is 0 Å². The molecule has 0 aliphatic rings. The Morgan fingerprint density at radius 2 is 2.19 bits per heavy atom. The van der Waals surface area contributed by atoms with Crippen LogP contribution in [0.5, 0.6) is 0 Å². The second kappa shape index (κ2) is 4.94. The number of hydrogen-bond acceptors (Lipinski definition) is 3. The molecule has 82 valence electrons. The van der Waals surface area contributed by atoms with Gasteiger partial charge in [0.25, 0.3) is 0 Å². The van der Waals surface area contributed by atoms with Crippen molar-refractivity contribution in [3.63, 3.8) is 0 Å². The molecule has 0 spiro atoms. The Kier molecular flexibility index (Phi) is 3.37. The molecule has 2 heterocycles. The van der Waals surface area contributed by atoms with Gasteiger partial charge < -0.3 is 5.32 Å². The van der Waals surface area contributed by atoms with Crippen LogP contribution < -0.4 is 5.32 Å². The lowest BCUT2D eigenvalue weighted by atomic mass is 10.1. The van der Waals surface area contributed by atoms with Crippen molar-refractivity contribution in [3.05, 3.63) is 53.1 Å². The quantitative estimate of drug-likeness (QED) is 0.828. The molecule has 4 heteroatoms. The summed E-state index contributed by atoms with van der Waals surface area (Å²) in [5.41, 5.74) is 3.21. The molecule has 3 nitrogen and oxygen atoms in total. The summed E-state index contributed by atoms with van der Waals surface area (Å²) in [4.78, 5) is 8.09. The summed E-state index contributed by atoms with van der Waals surface area (Å²) < 4.78 is 0. The van der Waals surface area contributed by atoms with Crippen LogP contribution in [0.15, 0.2) is 36.8 Å². The molecular formula is C12H12ClN3. The smallest absolute Gasteiger partial charge is 0.152 e. The van der Waals surface area contributed by atoms with Crippen molar-refractivity contribution in [3.8, 4) is 0 Å². The number of aromatic nitrogens is 2. The second-order valence-electron chi connectivity index (χ2n) is 3.50. The van der Waals surface area contributed by atoms with Gasteiger partial charge in [0, 0.05) is 25.1 Å². The fraction of sp³-hybridized carbons (Fsp3) is 0.167. The summed E-state index contributed by atoms with van der Waals surface area (Å²) in [6.07, 6.45) is 5.31. The van der Waals surface area contributed by atoms with Gasteiger partial charge in [-0.15, -0.1) is 0 Å². The van der Waals surface area contributed by atoms with Crippen LogP contribution in [-0.2, 0) is 6.54 Å². The number of nitrogens with zero attached hydrogens (tertiary/aromatic N) is 2. The predicted octanol–water partition coefficient (Wildman–Crippen LogP) is 3.05. The molecule has 0 fully saturated rings. The highest BCUT2D eigenvalue weighted by Gasteiger charge is 2.01. The number of hydrogen-bond donors (Lipinski definition) is 1. The Hall–Kier alpha value is -1.61. The van der Waals surface area contributed by atoms with Crippen LogP contribution in [0.4, 0.5) is 5.69 Å². The second-order valence-corrected chi connectivity index (χ2v) is 3.86. The minimum atomic E-state index is 0.490. The van der Waals surface area contributed by atoms with Gasteiger partial charge in [-0.25, -0.2) is 4.98 Å². The molecule has 0 unspecified atom stereocenters. The highest BCUT2D eigenvalue weighted by Crippen LogP contribution is 2.18. The van der Waals surface area contributed by atoms with Crippen molar-refractivity contribution in [2.45, 2.75) is 13.5 Å². The Balaban J connectivity index is 2.09. The van der Waals surface area contributed by atoms with E-state index in [4.69, 9.17) is 11.6 Å². The largest absolute Gasteiger partial charge is 0.378 e. The van der Waals surface area contributed by atoms with Gasteiger partial charge in [0.15, 0.2) is 5.15 Å². The van der Waals surface area contributed by atoms with Crippen molar-refractivity contribution < 1.29 is 0 Å². The van der Waals surface area contributed by atoms with Crippen molar-refractivity contribution in [1.29, 1.82) is 0 Å². The number of nitrogens with one attached hydrogen (secondary N) is 1. The molecule has 1 N–H and O–H groups in total. The Morgan fingerprint density at radius 1 is 1.31 bits per heavy atom. The van der Waals surface area contributed by atoms with Crippen LogP contribution in [0.25, 0.3) is 0 Å². The Labute approximate surface area is 99.5 Å². The van der Waals surface area contributed by atoms with E-state index in [2.05, 4.69) is 22.2 Å². The van der Waals surface area contributed by atoms with Crippen LogP contribution >= 0.6 is 11.6 Å². The minimum absolute atomic E-state index is 0.490. The molecule has 0 aliphatic heterocycles. The highest BCUT2D eigenvalue weighted by atomic mass is 35.5. The summed E-state index contributed by atoms with van der Waals surface area (Å²) in [7, 11) is 0. The summed E-state index contributed by atoms with van der Waals surface area (Å²) >= 11 is 5.94. The first-order valence-corrected chi connectivity index (χ1v) is 5.39. The molecule has 0 bridgehead atoms. The third kappa shape index (κ3) is 2.49. The zero-order valence-electron chi connectivity index (χ0n) is 8.94. The first-order valence-electron chi connectivity index (χ1n) is 5.01. The molecule has 0 amide bonds. The zero-order chi connectivity index (χ0) is 11.4. The maximum Gasteiger partial charge on any atom is 0.152 e. The van der Waals surface area contributed by atoms with Gasteiger partial charge in [-0.2, -0.15) is 0 Å². The first-order chi connectivity index (χ1) is 7.77. The average molecular weight is 234 g/mol. The average Bonchev–Trinajstić information content (AvgIpc) is 2.30. The van der Waals surface area contributed by atoms with E-state index in [1.807, 2.05) is 24.4 Å². The minimum Gasteiger partial charge on any atom is -0.378 e. The maximum absolute atomic E-state index is 5.94. The number of pyridine rings is 2. The lowest BCUT2D eigenvalue weighted by Crippen LogP contribution is -2.02. The molecule has 2 rings (SSSR count). The summed E-state index contributed by atoms with van der Waals surface area (Å²) in [6.45, 7) is 2.76. The normalized spacial score (nSPS) is 10.1. The number of halogens is 1. The van der Waals surface area contributed by atoms with E-state index in [-0.39, 0.29) is 0 Å². The molecular weight excluding hydrogens is 222 g/mol. The van der Waals surface area contributed by atoms with E-state index < -0.39 is 0 Å². The Bertz CT molecular complexity index is 440. The van der Waals surface area contributed by atoms with Gasteiger partial charge in [0.2, 0.25) is 0 Å². The SMILES string of the molecule is Cc1ccncc1CNc1cccnc1Cl. The molecule has 0 saturated carbocycles. The molecule has 0 atom stereocenters. The molecule has 0 aliphatic carbocycles. The van der Waals surface area contributed by atoms with Crippen LogP contribution in [0, 0.1) is 6.92 Å². The van der Waals surface area contributed by atoms with E-state index in [9.17, 15) is 0 Å². The molecule has 0 radical (unpaired) electrons. The summed E-state index contributed by atoms with van der Waals surface area (Å²) in [6, 6.07) is 5.74. The monoisotopic (exact) mass is 233 g/mol. The van der Waals surface area contributed by atoms with Crippen LogP contribution in [0.3, 0.4) is 0 Å². The topological polar surface area (TPSA) is 37.8 Å². The summed E-state index contributed by atoms with van der Waals surface area (Å²) in [5.74, 6) is 0. The molecule has 2 aromatic rings. The number of anilines is 1. The van der Waals surface area contributed by atoms with Crippen molar-refractivity contribution in [1.82, 2.24) is 9.97 Å². The van der Waals surface area contributed by atoms with Gasteiger partial charge in [-0.05, 0) is 36.2 Å². The third-order valence-electron chi connectivity index (χ3n) is 2.38. The highest BCUT2D eigenvalue weighted by molar-refractivity contribution is 6.31. The Morgan fingerprint density at radius 3 is 2.94 bits per heavy atom. The van der Waals surface area contributed by atoms with Gasteiger partial charge >= 0.3 is 0 Å². The van der Waals surface area contributed by atoms with Gasteiger partial charge in [-0.3, -0.25) is 4.98 Å². The number of aryl methyl sites for hydroxylation is 1. The van der Waals surface area contributed by atoms with Crippen molar-refractivity contribution in [2.24, 2.45) is 0 Å². The van der Waals surface area contributed by atoms with E-state index in [0.717, 1.165) is 11.3 Å². The van der Waals surface area contributed by atoms with Crippen LogP contribution in [-0.4, -0.2) is 9.97 Å². The molecule has 2 aromatic heterocycles. The molecule has 16 heavy (non-hydrogen) atoms. The molecule has 0 aromatic carbocycles. The van der Waals surface area contributed by atoms with Gasteiger partial charge in [0.05, 0.1) is 5.69 Å². The van der Waals surface area contributed by atoms with Crippen LogP contribution in [0.1, 0.15) is 11.1 Å². The third-order valence-corrected chi connectivity index (χ3v) is 2.68. The first kappa shape index (κ1) is 10.9. The van der Waals surface area contributed by atoms with E-state index in [1.54, 1.807) is 12.4 Å². The fourth-order valence-corrected chi connectivity index (χ4v) is 1.58. The van der Waals surface area contributed by atoms with Crippen molar-refractivity contribution >= 4 is 17.3 Å². The number of rotatable bonds is 3. The predicted molar refractivity (Wildman–Crippen MR) is 65.5 cm³/mol. The van der Waals surface area contributed by atoms with E-state index in [0.29, 0.717) is 11.7 Å².